The molecule has 140 valence electrons. The zero-order valence-electron chi connectivity index (χ0n) is 15.6. The number of imidazole rings is 1. The predicted octanol–water partition coefficient (Wildman–Crippen LogP) is 4.13. The number of nitrogens with zero attached hydrogens (tertiary/aromatic N) is 4. The van der Waals surface area contributed by atoms with Crippen molar-refractivity contribution in [3.63, 3.8) is 0 Å². The van der Waals surface area contributed by atoms with Gasteiger partial charge in [-0.05, 0) is 48.3 Å². The smallest absolute Gasteiger partial charge is 0.173 e. The molecular formula is C21H25N5S. The third-order valence-electron chi connectivity index (χ3n) is 4.43. The summed E-state index contributed by atoms with van der Waals surface area (Å²) >= 11 is 5.75. The number of rotatable bonds is 8. The lowest BCUT2D eigenvalue weighted by molar-refractivity contribution is 0.395. The summed E-state index contributed by atoms with van der Waals surface area (Å²) in [5, 5.41) is 4.18. The Kier molecular flexibility index (Phi) is 6.93. The standard InChI is InChI=1S/C21H25N5S/c1-2-19-8-3-4-9-20(19)24-21(27)26(16-18-7-5-10-22-15-18)13-6-12-25-14-11-23-17-25/h3-5,7-11,14-15,17H,2,6,12-13,16H2,1H3,(H,24,27). The van der Waals surface area contributed by atoms with Crippen LogP contribution in [0.2, 0.25) is 0 Å². The van der Waals surface area contributed by atoms with Gasteiger partial charge < -0.3 is 14.8 Å². The molecule has 0 unspecified atom stereocenters. The van der Waals surface area contributed by atoms with Crippen LogP contribution >= 0.6 is 12.2 Å². The number of thiocarbonyl (C=S) groups is 1. The molecule has 0 fully saturated rings. The fraction of sp³-hybridized carbons (Fsp3) is 0.286. The average molecular weight is 380 g/mol. The van der Waals surface area contributed by atoms with E-state index in [1.165, 1.54) is 5.56 Å². The molecular weight excluding hydrogens is 354 g/mol. The first-order chi connectivity index (χ1) is 13.3. The molecule has 0 aliphatic rings. The summed E-state index contributed by atoms with van der Waals surface area (Å²) in [6, 6.07) is 12.4. The lowest BCUT2D eigenvalue weighted by atomic mass is 10.1. The third kappa shape index (κ3) is 5.62. The highest BCUT2D eigenvalue weighted by atomic mass is 32.1. The fourth-order valence-corrected chi connectivity index (χ4v) is 3.24. The van der Waals surface area contributed by atoms with Gasteiger partial charge in [0.05, 0.1) is 6.33 Å². The summed E-state index contributed by atoms with van der Waals surface area (Å²) in [4.78, 5) is 10.5. The Morgan fingerprint density at radius 1 is 1.15 bits per heavy atom. The summed E-state index contributed by atoms with van der Waals surface area (Å²) in [6.07, 6.45) is 11.3. The predicted molar refractivity (Wildman–Crippen MR) is 114 cm³/mol. The van der Waals surface area contributed by atoms with Gasteiger partial charge in [0.25, 0.3) is 0 Å². The molecule has 1 aromatic carbocycles. The molecule has 0 aliphatic heterocycles. The number of nitrogens with one attached hydrogen (secondary N) is 1. The van der Waals surface area contributed by atoms with Gasteiger partial charge in [0.2, 0.25) is 0 Å². The van der Waals surface area contributed by atoms with Gasteiger partial charge in [-0.15, -0.1) is 0 Å². The van der Waals surface area contributed by atoms with E-state index >= 15 is 0 Å². The molecule has 0 aliphatic carbocycles. The molecule has 0 amide bonds. The van der Waals surface area contributed by atoms with Crippen molar-refractivity contribution in [3.05, 3.63) is 78.6 Å². The Morgan fingerprint density at radius 3 is 2.78 bits per heavy atom. The molecule has 3 rings (SSSR count). The van der Waals surface area contributed by atoms with E-state index in [1.807, 2.05) is 30.9 Å². The van der Waals surface area contributed by atoms with Gasteiger partial charge in [-0.3, -0.25) is 4.98 Å². The number of pyridine rings is 1. The lowest BCUT2D eigenvalue weighted by Crippen LogP contribution is -2.35. The molecule has 3 aromatic rings. The zero-order valence-corrected chi connectivity index (χ0v) is 16.4. The largest absolute Gasteiger partial charge is 0.345 e. The highest BCUT2D eigenvalue weighted by Gasteiger charge is 2.12. The first-order valence-corrected chi connectivity index (χ1v) is 9.65. The number of hydrogen-bond donors (Lipinski definition) is 1. The van der Waals surface area contributed by atoms with Crippen LogP contribution in [-0.2, 0) is 19.5 Å². The average Bonchev–Trinajstić information content (AvgIpc) is 3.22. The quantitative estimate of drug-likeness (QED) is 0.596. The van der Waals surface area contributed by atoms with Crippen molar-refractivity contribution < 1.29 is 0 Å². The SMILES string of the molecule is CCc1ccccc1NC(=S)N(CCCn1ccnc1)Cc1cccnc1. The Balaban J connectivity index is 1.68. The number of hydrogen-bond acceptors (Lipinski definition) is 3. The highest BCUT2D eigenvalue weighted by molar-refractivity contribution is 7.80. The highest BCUT2D eigenvalue weighted by Crippen LogP contribution is 2.17. The van der Waals surface area contributed by atoms with Crippen LogP contribution in [0.15, 0.2) is 67.5 Å². The molecule has 6 heteroatoms. The number of aryl methyl sites for hydroxylation is 2. The van der Waals surface area contributed by atoms with Gasteiger partial charge in [0, 0.05) is 50.1 Å². The van der Waals surface area contributed by atoms with Gasteiger partial charge in [-0.25, -0.2) is 4.98 Å². The van der Waals surface area contributed by atoms with Crippen LogP contribution in [0, 0.1) is 0 Å². The van der Waals surface area contributed by atoms with Crippen LogP contribution in [-0.4, -0.2) is 31.1 Å². The van der Waals surface area contributed by atoms with Gasteiger partial charge in [0.1, 0.15) is 0 Å². The topological polar surface area (TPSA) is 46.0 Å². The maximum atomic E-state index is 5.75. The number of para-hydroxylation sites is 1. The molecule has 27 heavy (non-hydrogen) atoms. The minimum absolute atomic E-state index is 0.734. The number of benzene rings is 1. The fourth-order valence-electron chi connectivity index (χ4n) is 2.97. The van der Waals surface area contributed by atoms with E-state index in [1.54, 1.807) is 12.4 Å². The number of aromatic nitrogens is 3. The van der Waals surface area contributed by atoms with Crippen LogP contribution in [0.3, 0.4) is 0 Å². The zero-order chi connectivity index (χ0) is 18.9. The van der Waals surface area contributed by atoms with E-state index in [-0.39, 0.29) is 0 Å². The summed E-state index contributed by atoms with van der Waals surface area (Å²) in [5.74, 6) is 0. The molecule has 1 N–H and O–H groups in total. The molecule has 2 aromatic heterocycles. The molecule has 0 bridgehead atoms. The molecule has 0 saturated carbocycles. The van der Waals surface area contributed by atoms with Crippen LogP contribution in [0.4, 0.5) is 5.69 Å². The third-order valence-corrected chi connectivity index (χ3v) is 4.79. The van der Waals surface area contributed by atoms with Crippen molar-refractivity contribution >= 4 is 23.0 Å². The molecule has 0 saturated heterocycles. The van der Waals surface area contributed by atoms with Crippen LogP contribution < -0.4 is 5.32 Å². The van der Waals surface area contributed by atoms with Gasteiger partial charge >= 0.3 is 0 Å². The number of anilines is 1. The first kappa shape index (κ1) is 19.0. The van der Waals surface area contributed by atoms with Crippen molar-refractivity contribution in [1.29, 1.82) is 0 Å². The summed E-state index contributed by atoms with van der Waals surface area (Å²) < 4.78 is 2.09. The van der Waals surface area contributed by atoms with Crippen molar-refractivity contribution in [2.75, 3.05) is 11.9 Å². The normalized spacial score (nSPS) is 10.6. The van der Waals surface area contributed by atoms with E-state index in [4.69, 9.17) is 12.2 Å². The monoisotopic (exact) mass is 379 g/mol. The van der Waals surface area contributed by atoms with Gasteiger partial charge in [-0.2, -0.15) is 0 Å². The molecule has 0 atom stereocenters. The van der Waals surface area contributed by atoms with Crippen molar-refractivity contribution in [1.82, 2.24) is 19.4 Å². The first-order valence-electron chi connectivity index (χ1n) is 9.24. The van der Waals surface area contributed by atoms with Crippen LogP contribution in [0.5, 0.6) is 0 Å². The maximum Gasteiger partial charge on any atom is 0.173 e. The summed E-state index contributed by atoms with van der Waals surface area (Å²) in [5.41, 5.74) is 3.49. The maximum absolute atomic E-state index is 5.75. The second-order valence-corrected chi connectivity index (χ2v) is 6.76. The van der Waals surface area contributed by atoms with Crippen LogP contribution in [0.25, 0.3) is 0 Å². The second-order valence-electron chi connectivity index (χ2n) is 6.38. The Labute approximate surface area is 166 Å². The molecule has 0 spiro atoms. The minimum atomic E-state index is 0.734. The van der Waals surface area contributed by atoms with Crippen LogP contribution in [0.1, 0.15) is 24.5 Å². The second kappa shape index (κ2) is 9.83. The lowest BCUT2D eigenvalue weighted by Gasteiger charge is -2.26. The van der Waals surface area contributed by atoms with E-state index < -0.39 is 0 Å². The Hall–Kier alpha value is -2.73. The van der Waals surface area contributed by atoms with Crippen molar-refractivity contribution in [2.45, 2.75) is 32.9 Å². The van der Waals surface area contributed by atoms with Crippen molar-refractivity contribution in [3.8, 4) is 0 Å². The molecule has 2 heterocycles. The Morgan fingerprint density at radius 2 is 2.04 bits per heavy atom. The van der Waals surface area contributed by atoms with Gasteiger partial charge in [0.15, 0.2) is 5.11 Å². The van der Waals surface area contributed by atoms with Crippen molar-refractivity contribution in [2.24, 2.45) is 0 Å². The molecule has 5 nitrogen and oxygen atoms in total. The van der Waals surface area contributed by atoms with E-state index in [9.17, 15) is 0 Å². The van der Waals surface area contributed by atoms with E-state index in [0.29, 0.717) is 0 Å². The van der Waals surface area contributed by atoms with E-state index in [0.717, 1.165) is 48.8 Å². The van der Waals surface area contributed by atoms with E-state index in [2.05, 4.69) is 55.9 Å². The van der Waals surface area contributed by atoms with Gasteiger partial charge in [-0.1, -0.05) is 31.2 Å². The minimum Gasteiger partial charge on any atom is -0.345 e. The molecule has 0 radical (unpaired) electrons. The summed E-state index contributed by atoms with van der Waals surface area (Å²) in [7, 11) is 0. The Bertz CT molecular complexity index is 833. The summed E-state index contributed by atoms with van der Waals surface area (Å²) in [6.45, 7) is 4.66.